The van der Waals surface area contributed by atoms with Gasteiger partial charge in [-0.3, -0.25) is 0 Å². The molecule has 0 bridgehead atoms. The summed E-state index contributed by atoms with van der Waals surface area (Å²) in [5.74, 6) is 0.636. The van der Waals surface area contributed by atoms with Crippen molar-refractivity contribution >= 4 is 39.1 Å². The Bertz CT molecular complexity index is 1260. The number of nitrogens with one attached hydrogen (secondary N) is 2. The van der Waals surface area contributed by atoms with E-state index in [0.29, 0.717) is 10.9 Å². The number of halogens is 1. The highest BCUT2D eigenvalue weighted by Gasteiger charge is 2.47. The first kappa shape index (κ1) is 31.8. The lowest BCUT2D eigenvalue weighted by Gasteiger charge is -2.49. The Kier molecular flexibility index (Phi) is 11.5. The van der Waals surface area contributed by atoms with Gasteiger partial charge in [-0.25, -0.2) is 4.98 Å². The highest BCUT2D eigenvalue weighted by molar-refractivity contribution is 6.31. The van der Waals surface area contributed by atoms with Gasteiger partial charge in [0.05, 0.1) is 30.4 Å². The minimum absolute atomic E-state index is 0.281. The summed E-state index contributed by atoms with van der Waals surface area (Å²) in [6.45, 7) is 10.3. The van der Waals surface area contributed by atoms with Gasteiger partial charge in [-0.2, -0.15) is 0 Å². The Morgan fingerprint density at radius 3 is 2.41 bits per heavy atom. The molecule has 1 aliphatic rings. The third kappa shape index (κ3) is 7.84. The molecule has 0 amide bonds. The van der Waals surface area contributed by atoms with Crippen molar-refractivity contribution in [3.63, 3.8) is 0 Å². The molecule has 0 radical (unpaired) electrons. The maximum Gasteiger partial charge on any atom is 0.169 e. The third-order valence-electron chi connectivity index (χ3n) is 9.03. The van der Waals surface area contributed by atoms with Gasteiger partial charge in [-0.05, 0) is 87.4 Å². The molecule has 2 heterocycles. The summed E-state index contributed by atoms with van der Waals surface area (Å²) in [7, 11) is 3.49. The van der Waals surface area contributed by atoms with Crippen molar-refractivity contribution < 1.29 is 14.2 Å². The van der Waals surface area contributed by atoms with E-state index in [4.69, 9.17) is 30.8 Å². The maximum absolute atomic E-state index is 6.48. The van der Waals surface area contributed by atoms with Gasteiger partial charge in [0.25, 0.3) is 0 Å². The topological polar surface area (TPSA) is 64.6 Å². The van der Waals surface area contributed by atoms with Crippen LogP contribution in [0.15, 0.2) is 36.4 Å². The zero-order valence-corrected chi connectivity index (χ0v) is 26.5. The third-order valence-corrected chi connectivity index (χ3v) is 9.26. The number of ether oxygens (including phenoxy) is 3. The molecule has 226 valence electrons. The van der Waals surface area contributed by atoms with Crippen molar-refractivity contribution in [2.24, 2.45) is 11.3 Å². The van der Waals surface area contributed by atoms with Crippen LogP contribution >= 0.6 is 11.6 Å². The lowest BCUT2D eigenvalue weighted by atomic mass is 9.69. The number of fused-ring (bicyclic) bond motifs is 2. The van der Waals surface area contributed by atoms with Crippen LogP contribution in [0.5, 0.6) is 5.75 Å². The molecule has 0 aliphatic carbocycles. The fraction of sp³-hybridized carbons (Fsp3) is 0.618. The minimum Gasteiger partial charge on any atom is -0.497 e. The van der Waals surface area contributed by atoms with Gasteiger partial charge < -0.3 is 24.8 Å². The normalized spacial score (nSPS) is 20.5. The Morgan fingerprint density at radius 1 is 0.951 bits per heavy atom. The minimum atomic E-state index is -0.524. The zero-order valence-electron chi connectivity index (χ0n) is 25.8. The first-order valence-electron chi connectivity index (χ1n) is 15.6. The van der Waals surface area contributed by atoms with E-state index in [2.05, 4.69) is 37.5 Å². The highest BCUT2D eigenvalue weighted by atomic mass is 35.5. The maximum atomic E-state index is 6.48. The van der Waals surface area contributed by atoms with Gasteiger partial charge in [0.1, 0.15) is 5.75 Å². The van der Waals surface area contributed by atoms with E-state index in [1.54, 1.807) is 14.2 Å². The van der Waals surface area contributed by atoms with E-state index in [9.17, 15) is 0 Å². The zero-order chi connectivity index (χ0) is 29.3. The summed E-state index contributed by atoms with van der Waals surface area (Å²) in [5, 5.41) is 10.3. The SMILES string of the molecule is CCCCC1(CCCC)CO[C@@](C)(OC)[C@@H](CNCCCCNc2c3ccc(Cl)cc3nc3ccc(OC)cc23)C1. The van der Waals surface area contributed by atoms with Gasteiger partial charge in [0.15, 0.2) is 5.79 Å². The van der Waals surface area contributed by atoms with Crippen LogP contribution in [0.2, 0.25) is 5.02 Å². The average molecular weight is 584 g/mol. The fourth-order valence-corrected chi connectivity index (χ4v) is 6.49. The summed E-state index contributed by atoms with van der Waals surface area (Å²) in [6.07, 6.45) is 10.8. The molecule has 41 heavy (non-hydrogen) atoms. The number of aromatic nitrogens is 1. The van der Waals surface area contributed by atoms with Gasteiger partial charge in [0, 0.05) is 41.9 Å². The highest BCUT2D eigenvalue weighted by Crippen LogP contribution is 2.46. The monoisotopic (exact) mass is 583 g/mol. The molecule has 0 unspecified atom stereocenters. The fourth-order valence-electron chi connectivity index (χ4n) is 6.32. The molecule has 3 aromatic rings. The van der Waals surface area contributed by atoms with Crippen LogP contribution in [-0.4, -0.2) is 51.2 Å². The Balaban J connectivity index is 1.34. The second kappa shape index (κ2) is 14.9. The lowest BCUT2D eigenvalue weighted by Crippen LogP contribution is -2.53. The van der Waals surface area contributed by atoms with Crippen molar-refractivity contribution in [3.05, 3.63) is 41.4 Å². The summed E-state index contributed by atoms with van der Waals surface area (Å²) in [6, 6.07) is 11.9. The molecule has 2 atom stereocenters. The number of hydrogen-bond acceptors (Lipinski definition) is 6. The second-order valence-corrected chi connectivity index (χ2v) is 12.4. The molecule has 1 fully saturated rings. The smallest absolute Gasteiger partial charge is 0.169 e. The molecule has 1 aromatic heterocycles. The first-order chi connectivity index (χ1) is 19.9. The summed E-state index contributed by atoms with van der Waals surface area (Å²) >= 11 is 6.29. The molecular weight excluding hydrogens is 534 g/mol. The van der Waals surface area contributed by atoms with Crippen LogP contribution in [0.25, 0.3) is 21.8 Å². The Labute approximate surface area is 251 Å². The molecule has 0 spiro atoms. The van der Waals surface area contributed by atoms with E-state index in [1.807, 2.05) is 30.3 Å². The van der Waals surface area contributed by atoms with Crippen molar-refractivity contribution in [3.8, 4) is 5.75 Å². The Morgan fingerprint density at radius 2 is 1.71 bits per heavy atom. The Hall–Kier alpha value is -2.12. The van der Waals surface area contributed by atoms with Crippen LogP contribution in [0, 0.1) is 11.3 Å². The molecule has 1 aliphatic heterocycles. The molecule has 0 saturated carbocycles. The van der Waals surface area contributed by atoms with E-state index in [-0.39, 0.29) is 5.41 Å². The summed E-state index contributed by atoms with van der Waals surface area (Å²) in [4.78, 5) is 4.84. The quantitative estimate of drug-likeness (QED) is 0.130. The predicted molar refractivity (Wildman–Crippen MR) is 172 cm³/mol. The van der Waals surface area contributed by atoms with Gasteiger partial charge in [-0.1, -0.05) is 51.1 Å². The van der Waals surface area contributed by atoms with Crippen molar-refractivity contribution in [2.75, 3.05) is 45.8 Å². The first-order valence-corrected chi connectivity index (χ1v) is 16.0. The van der Waals surface area contributed by atoms with Crippen molar-refractivity contribution in [2.45, 2.75) is 84.3 Å². The summed E-state index contributed by atoms with van der Waals surface area (Å²) in [5.41, 5.74) is 3.18. The van der Waals surface area contributed by atoms with Gasteiger partial charge >= 0.3 is 0 Å². The number of anilines is 1. The molecule has 7 heteroatoms. The number of nitrogens with zero attached hydrogens (tertiary/aromatic N) is 1. The number of rotatable bonds is 16. The number of unbranched alkanes of at least 4 members (excludes halogenated alkanes) is 3. The number of methoxy groups -OCH3 is 2. The number of pyridine rings is 1. The molecule has 4 rings (SSSR count). The van der Waals surface area contributed by atoms with Crippen LogP contribution in [0.4, 0.5) is 5.69 Å². The van der Waals surface area contributed by atoms with E-state index in [1.165, 1.54) is 44.9 Å². The second-order valence-electron chi connectivity index (χ2n) is 12.0. The number of hydrogen-bond donors (Lipinski definition) is 2. The van der Waals surface area contributed by atoms with Crippen LogP contribution in [0.3, 0.4) is 0 Å². The van der Waals surface area contributed by atoms with Crippen LogP contribution in [-0.2, 0) is 9.47 Å². The molecule has 2 aromatic carbocycles. The van der Waals surface area contributed by atoms with E-state index < -0.39 is 5.79 Å². The van der Waals surface area contributed by atoms with Crippen LogP contribution in [0.1, 0.15) is 78.6 Å². The van der Waals surface area contributed by atoms with Crippen LogP contribution < -0.4 is 15.4 Å². The lowest BCUT2D eigenvalue weighted by molar-refractivity contribution is -0.287. The van der Waals surface area contributed by atoms with E-state index in [0.717, 1.165) is 72.3 Å². The van der Waals surface area contributed by atoms with Crippen molar-refractivity contribution in [1.29, 1.82) is 0 Å². The van der Waals surface area contributed by atoms with Gasteiger partial charge in [-0.15, -0.1) is 0 Å². The largest absolute Gasteiger partial charge is 0.497 e. The van der Waals surface area contributed by atoms with Gasteiger partial charge in [0.2, 0.25) is 0 Å². The number of benzene rings is 2. The molecular formula is C34H50ClN3O3. The summed E-state index contributed by atoms with van der Waals surface area (Å²) < 4.78 is 17.9. The molecule has 6 nitrogen and oxygen atoms in total. The molecule has 2 N–H and O–H groups in total. The predicted octanol–water partition coefficient (Wildman–Crippen LogP) is 8.60. The molecule has 1 saturated heterocycles. The van der Waals surface area contributed by atoms with Crippen molar-refractivity contribution in [1.82, 2.24) is 10.3 Å². The average Bonchev–Trinajstić information content (AvgIpc) is 2.99. The van der Waals surface area contributed by atoms with E-state index >= 15 is 0 Å². The standard InChI is InChI=1S/C34H50ClN3O3/c1-6-8-16-34(17-9-7-2)22-25(33(3,40-5)41-24-34)23-36-18-10-11-19-37-32-28-14-12-26(35)20-31(28)38-30-15-13-27(39-4)21-29(30)32/h12-15,20-21,25,36H,6-11,16-19,22-24H2,1-5H3,(H,37,38)/t25-,33-/m1/s1.